The minimum Gasteiger partial charge on any atom is -0.289 e. The molecule has 4 atom stereocenters. The largest absolute Gasteiger partial charge is 0.289 e. The van der Waals surface area contributed by atoms with Gasteiger partial charge in [-0.1, -0.05) is 27.7 Å². The van der Waals surface area contributed by atoms with Crippen LogP contribution in [0, 0.1) is 0 Å². The molecule has 0 radical (unpaired) electrons. The molecule has 4 heteroatoms. The van der Waals surface area contributed by atoms with E-state index in [9.17, 15) is 0 Å². The van der Waals surface area contributed by atoms with Crippen molar-refractivity contribution in [2.45, 2.75) is 78.3 Å². The van der Waals surface area contributed by atoms with Gasteiger partial charge in [-0.3, -0.25) is 19.6 Å². The van der Waals surface area contributed by atoms with Crippen LogP contribution < -0.4 is 0 Å². The fourth-order valence-corrected chi connectivity index (χ4v) is 4.08. The summed E-state index contributed by atoms with van der Waals surface area (Å²) < 4.78 is 0. The van der Waals surface area contributed by atoms with Crippen LogP contribution in [0.15, 0.2) is 0 Å². The molecule has 2 rings (SSSR count). The fraction of sp³-hybridized carbons (Fsp3) is 1.00. The van der Waals surface area contributed by atoms with Gasteiger partial charge in [0.2, 0.25) is 0 Å². The predicted octanol–water partition coefficient (Wildman–Crippen LogP) is 2.76. The Bertz CT molecular complexity index is 289. The van der Waals surface area contributed by atoms with E-state index in [1.165, 1.54) is 38.9 Å². The molecule has 0 aliphatic carbocycles. The van der Waals surface area contributed by atoms with Crippen molar-refractivity contribution in [3.8, 4) is 0 Å². The summed E-state index contributed by atoms with van der Waals surface area (Å²) in [5, 5.41) is 0. The van der Waals surface area contributed by atoms with Gasteiger partial charge in [-0.25, -0.2) is 0 Å². The number of rotatable bonds is 4. The van der Waals surface area contributed by atoms with Gasteiger partial charge in [-0.15, -0.1) is 0 Å². The van der Waals surface area contributed by atoms with E-state index in [0.29, 0.717) is 12.3 Å². The van der Waals surface area contributed by atoms with E-state index in [1.54, 1.807) is 0 Å². The summed E-state index contributed by atoms with van der Waals surface area (Å²) in [6.45, 7) is 15.0. The third-order valence-corrected chi connectivity index (χ3v) is 5.91. The average molecular weight is 313 g/mol. The van der Waals surface area contributed by atoms with Gasteiger partial charge in [-0.05, 0) is 53.9 Å². The van der Waals surface area contributed by atoms with Crippen molar-refractivity contribution in [3.63, 3.8) is 0 Å². The smallest absolute Gasteiger partial charge is 0.0618 e. The fourth-order valence-electron chi connectivity index (χ4n) is 4.08. The topological polar surface area (TPSA) is 13.0 Å². The molecule has 2 saturated heterocycles. The SMILES string of the molecule is CCC1CN(C)C(CC)N1C.CCC1CN(CC)C(C)N1C. The minimum atomic E-state index is 0.643. The quantitative estimate of drug-likeness (QED) is 0.791. The lowest BCUT2D eigenvalue weighted by atomic mass is 10.2. The van der Waals surface area contributed by atoms with Gasteiger partial charge in [0.15, 0.2) is 0 Å². The number of hydrogen-bond donors (Lipinski definition) is 0. The van der Waals surface area contributed by atoms with Crippen molar-refractivity contribution in [3.05, 3.63) is 0 Å². The van der Waals surface area contributed by atoms with Crippen molar-refractivity contribution in [2.24, 2.45) is 0 Å². The molecular formula is C18H40N4. The second kappa shape index (κ2) is 9.21. The average Bonchev–Trinajstić information content (AvgIpc) is 2.96. The van der Waals surface area contributed by atoms with Gasteiger partial charge in [0.1, 0.15) is 0 Å². The lowest BCUT2D eigenvalue weighted by Gasteiger charge is -2.25. The summed E-state index contributed by atoms with van der Waals surface area (Å²) in [5.41, 5.74) is 0. The first-order chi connectivity index (χ1) is 10.4. The van der Waals surface area contributed by atoms with Gasteiger partial charge < -0.3 is 0 Å². The summed E-state index contributed by atoms with van der Waals surface area (Å²) in [6, 6.07) is 1.56. The third kappa shape index (κ3) is 4.44. The second-order valence-electron chi connectivity index (χ2n) is 7.00. The molecule has 0 N–H and O–H groups in total. The lowest BCUT2D eigenvalue weighted by Crippen LogP contribution is -2.35. The van der Waals surface area contributed by atoms with E-state index in [4.69, 9.17) is 0 Å². The minimum absolute atomic E-state index is 0.643. The summed E-state index contributed by atoms with van der Waals surface area (Å²) in [6.07, 6.45) is 5.11. The molecule has 0 aromatic rings. The van der Waals surface area contributed by atoms with Crippen LogP contribution in [0.5, 0.6) is 0 Å². The molecule has 2 aliphatic rings. The maximum absolute atomic E-state index is 2.52. The first kappa shape index (κ1) is 19.9. The van der Waals surface area contributed by atoms with Crippen LogP contribution in [0.3, 0.4) is 0 Å². The van der Waals surface area contributed by atoms with Crippen LogP contribution >= 0.6 is 0 Å². The van der Waals surface area contributed by atoms with Crippen LogP contribution in [0.4, 0.5) is 0 Å². The Kier molecular flexibility index (Phi) is 8.33. The zero-order chi connectivity index (χ0) is 16.9. The Morgan fingerprint density at radius 3 is 1.59 bits per heavy atom. The highest BCUT2D eigenvalue weighted by atomic mass is 15.4. The zero-order valence-corrected chi connectivity index (χ0v) is 16.3. The molecule has 132 valence electrons. The Hall–Kier alpha value is -0.160. The standard InChI is InChI=1S/2C9H20N2/c1-5-8-7-10(3)9(6-2)11(8)4;1-5-9-7-11(6-2)8(3)10(9)4/h2*8-9H,5-7H2,1-4H3. The van der Waals surface area contributed by atoms with Crippen molar-refractivity contribution in [1.29, 1.82) is 0 Å². The summed E-state index contributed by atoms with van der Waals surface area (Å²) in [4.78, 5) is 9.95. The molecule has 2 heterocycles. The Balaban J connectivity index is 0.000000220. The van der Waals surface area contributed by atoms with Crippen molar-refractivity contribution in [2.75, 3.05) is 40.8 Å². The first-order valence-corrected chi connectivity index (χ1v) is 9.29. The van der Waals surface area contributed by atoms with E-state index >= 15 is 0 Å². The normalized spacial score (nSPS) is 34.9. The molecule has 2 aliphatic heterocycles. The number of likely N-dealkylation sites (N-methyl/N-ethyl adjacent to an activating group) is 4. The highest BCUT2D eigenvalue weighted by Gasteiger charge is 2.32. The Morgan fingerprint density at radius 1 is 0.773 bits per heavy atom. The molecule has 4 unspecified atom stereocenters. The molecule has 22 heavy (non-hydrogen) atoms. The van der Waals surface area contributed by atoms with Crippen LogP contribution in [0.25, 0.3) is 0 Å². The Labute approximate surface area is 139 Å². The van der Waals surface area contributed by atoms with Crippen LogP contribution in [0.2, 0.25) is 0 Å². The van der Waals surface area contributed by atoms with Gasteiger partial charge >= 0.3 is 0 Å². The van der Waals surface area contributed by atoms with Crippen molar-refractivity contribution < 1.29 is 0 Å². The maximum atomic E-state index is 2.52. The molecule has 0 aromatic carbocycles. The molecule has 2 fully saturated rings. The monoisotopic (exact) mass is 312 g/mol. The highest BCUT2D eigenvalue weighted by Crippen LogP contribution is 2.21. The molecule has 0 bridgehead atoms. The predicted molar refractivity (Wildman–Crippen MR) is 97.1 cm³/mol. The van der Waals surface area contributed by atoms with Crippen molar-refractivity contribution >= 4 is 0 Å². The zero-order valence-electron chi connectivity index (χ0n) is 16.3. The van der Waals surface area contributed by atoms with Crippen molar-refractivity contribution in [1.82, 2.24) is 19.6 Å². The van der Waals surface area contributed by atoms with E-state index < -0.39 is 0 Å². The summed E-state index contributed by atoms with van der Waals surface area (Å²) >= 11 is 0. The van der Waals surface area contributed by atoms with E-state index in [0.717, 1.165) is 12.1 Å². The molecule has 4 nitrogen and oxygen atoms in total. The molecule has 0 aromatic heterocycles. The second-order valence-corrected chi connectivity index (χ2v) is 7.00. The molecule has 0 spiro atoms. The van der Waals surface area contributed by atoms with Gasteiger partial charge in [0, 0.05) is 25.2 Å². The molecule has 0 saturated carbocycles. The molecular weight excluding hydrogens is 272 g/mol. The van der Waals surface area contributed by atoms with Gasteiger partial charge in [0.05, 0.1) is 12.3 Å². The number of hydrogen-bond acceptors (Lipinski definition) is 4. The molecule has 0 amide bonds. The first-order valence-electron chi connectivity index (χ1n) is 9.29. The highest BCUT2D eigenvalue weighted by molar-refractivity contribution is 4.85. The van der Waals surface area contributed by atoms with Gasteiger partial charge in [-0.2, -0.15) is 0 Å². The van der Waals surface area contributed by atoms with E-state index in [1.807, 2.05) is 0 Å². The lowest BCUT2D eigenvalue weighted by molar-refractivity contribution is 0.163. The van der Waals surface area contributed by atoms with Gasteiger partial charge in [0.25, 0.3) is 0 Å². The Morgan fingerprint density at radius 2 is 1.32 bits per heavy atom. The van der Waals surface area contributed by atoms with E-state index in [2.05, 4.69) is 75.4 Å². The van der Waals surface area contributed by atoms with Crippen LogP contribution in [0.1, 0.15) is 53.9 Å². The van der Waals surface area contributed by atoms with Crippen LogP contribution in [-0.4, -0.2) is 84.8 Å². The summed E-state index contributed by atoms with van der Waals surface area (Å²) in [5.74, 6) is 0. The third-order valence-electron chi connectivity index (χ3n) is 5.91. The number of nitrogens with zero attached hydrogens (tertiary/aromatic N) is 4. The van der Waals surface area contributed by atoms with E-state index in [-0.39, 0.29) is 0 Å². The summed E-state index contributed by atoms with van der Waals surface area (Å²) in [7, 11) is 6.70. The van der Waals surface area contributed by atoms with Crippen LogP contribution in [-0.2, 0) is 0 Å². The maximum Gasteiger partial charge on any atom is 0.0618 e.